The molecule has 0 bridgehead atoms. The summed E-state index contributed by atoms with van der Waals surface area (Å²) in [5.41, 5.74) is 5.44. The summed E-state index contributed by atoms with van der Waals surface area (Å²) in [6.07, 6.45) is -0.381. The number of hydrogen-bond donors (Lipinski definition) is 1. The van der Waals surface area contributed by atoms with Crippen LogP contribution in [0.4, 0.5) is 4.79 Å². The third-order valence-electron chi connectivity index (χ3n) is 5.39. The molecule has 1 heterocycles. The van der Waals surface area contributed by atoms with Crippen LogP contribution in [0, 0.1) is 0 Å². The van der Waals surface area contributed by atoms with Crippen LogP contribution in [-0.2, 0) is 16.0 Å². The van der Waals surface area contributed by atoms with Crippen LogP contribution in [0.2, 0.25) is 0 Å². The Morgan fingerprint density at radius 2 is 1.69 bits per heavy atom. The highest BCUT2D eigenvalue weighted by Crippen LogP contribution is 2.44. The second-order valence-electron chi connectivity index (χ2n) is 7.10. The van der Waals surface area contributed by atoms with E-state index in [1.54, 1.807) is 0 Å². The standard InChI is InChI=1S/C23H21NO4S/c1-24(21(22(25)26)12-15-10-11-29-14-15)23(27)28-13-20-18-8-4-2-6-16(18)17-7-3-5-9-19(17)20/h2-11,14,20-21H,12-13H2,1H3,(H,25,26)/t21-/m0/s1. The largest absolute Gasteiger partial charge is 0.480 e. The van der Waals surface area contributed by atoms with Crippen molar-refractivity contribution in [3.05, 3.63) is 82.0 Å². The summed E-state index contributed by atoms with van der Waals surface area (Å²) in [5.74, 6) is -1.10. The van der Waals surface area contributed by atoms with E-state index >= 15 is 0 Å². The fourth-order valence-electron chi connectivity index (χ4n) is 3.85. The molecule has 148 valence electrons. The molecule has 29 heavy (non-hydrogen) atoms. The smallest absolute Gasteiger partial charge is 0.410 e. The molecule has 1 amide bonds. The summed E-state index contributed by atoms with van der Waals surface area (Å²) < 4.78 is 5.58. The Labute approximate surface area is 173 Å². The van der Waals surface area contributed by atoms with Crippen LogP contribution in [0.5, 0.6) is 0 Å². The number of carbonyl (C=O) groups excluding carboxylic acids is 1. The van der Waals surface area contributed by atoms with E-state index in [-0.39, 0.29) is 18.9 Å². The Morgan fingerprint density at radius 3 is 2.24 bits per heavy atom. The fraction of sp³-hybridized carbons (Fsp3) is 0.217. The quantitative estimate of drug-likeness (QED) is 0.647. The van der Waals surface area contributed by atoms with Crippen LogP contribution in [0.15, 0.2) is 65.4 Å². The Kier molecular flexibility index (Phi) is 5.36. The van der Waals surface area contributed by atoms with E-state index in [4.69, 9.17) is 4.74 Å². The third-order valence-corrected chi connectivity index (χ3v) is 6.12. The number of rotatable bonds is 6. The van der Waals surface area contributed by atoms with Gasteiger partial charge in [0.2, 0.25) is 0 Å². The van der Waals surface area contributed by atoms with Crippen LogP contribution in [0.25, 0.3) is 11.1 Å². The molecular formula is C23H21NO4S. The second-order valence-corrected chi connectivity index (χ2v) is 7.88. The van der Waals surface area contributed by atoms with Crippen LogP contribution < -0.4 is 0 Å². The molecule has 1 N–H and O–H groups in total. The number of fused-ring (bicyclic) bond motifs is 3. The van der Waals surface area contributed by atoms with Crippen molar-refractivity contribution in [2.45, 2.75) is 18.4 Å². The number of carbonyl (C=O) groups is 2. The van der Waals surface area contributed by atoms with Crippen LogP contribution in [0.3, 0.4) is 0 Å². The van der Waals surface area contributed by atoms with Gasteiger partial charge in [0.1, 0.15) is 12.6 Å². The first-order chi connectivity index (χ1) is 14.1. The number of likely N-dealkylation sites (N-methyl/N-ethyl adjacent to an activating group) is 1. The number of nitrogens with zero attached hydrogens (tertiary/aromatic N) is 1. The lowest BCUT2D eigenvalue weighted by atomic mass is 9.98. The van der Waals surface area contributed by atoms with Gasteiger partial charge >= 0.3 is 12.1 Å². The number of aliphatic carboxylic acids is 1. The lowest BCUT2D eigenvalue weighted by molar-refractivity contribution is -0.142. The molecule has 1 atom stereocenters. The summed E-state index contributed by atoms with van der Waals surface area (Å²) in [7, 11) is 1.48. The highest BCUT2D eigenvalue weighted by molar-refractivity contribution is 7.07. The van der Waals surface area contributed by atoms with Crippen molar-refractivity contribution in [1.82, 2.24) is 4.90 Å². The van der Waals surface area contributed by atoms with E-state index in [1.165, 1.54) is 23.3 Å². The Bertz CT molecular complexity index is 985. The molecule has 1 aliphatic carbocycles. The van der Waals surface area contributed by atoms with Crippen molar-refractivity contribution in [1.29, 1.82) is 0 Å². The maximum Gasteiger partial charge on any atom is 0.410 e. The van der Waals surface area contributed by atoms with Crippen molar-refractivity contribution < 1.29 is 19.4 Å². The maximum absolute atomic E-state index is 12.6. The monoisotopic (exact) mass is 407 g/mol. The lowest BCUT2D eigenvalue weighted by Crippen LogP contribution is -2.44. The highest BCUT2D eigenvalue weighted by Gasteiger charge is 2.32. The topological polar surface area (TPSA) is 66.8 Å². The molecule has 3 aromatic rings. The second kappa shape index (κ2) is 8.09. The van der Waals surface area contributed by atoms with Gasteiger partial charge in [-0.1, -0.05) is 48.5 Å². The number of ether oxygens (including phenoxy) is 1. The fourth-order valence-corrected chi connectivity index (χ4v) is 4.53. The average molecular weight is 407 g/mol. The maximum atomic E-state index is 12.6. The minimum absolute atomic E-state index is 0.0556. The van der Waals surface area contributed by atoms with E-state index in [1.807, 2.05) is 53.2 Å². The predicted molar refractivity (Wildman–Crippen MR) is 112 cm³/mol. The third kappa shape index (κ3) is 3.76. The Hall–Kier alpha value is -3.12. The zero-order chi connectivity index (χ0) is 20.4. The average Bonchev–Trinajstić information content (AvgIpc) is 3.36. The molecule has 6 heteroatoms. The molecule has 0 saturated carbocycles. The minimum atomic E-state index is -1.05. The zero-order valence-corrected chi connectivity index (χ0v) is 16.8. The van der Waals surface area contributed by atoms with Gasteiger partial charge in [-0.3, -0.25) is 4.90 Å². The van der Waals surface area contributed by atoms with Gasteiger partial charge in [-0.2, -0.15) is 11.3 Å². The van der Waals surface area contributed by atoms with Gasteiger partial charge in [0.15, 0.2) is 0 Å². The first-order valence-corrected chi connectivity index (χ1v) is 10.3. The zero-order valence-electron chi connectivity index (χ0n) is 15.9. The van der Waals surface area contributed by atoms with Gasteiger partial charge in [0.05, 0.1) is 0 Å². The molecule has 5 nitrogen and oxygen atoms in total. The molecule has 1 aromatic heterocycles. The first kappa shape index (κ1) is 19.2. The van der Waals surface area contributed by atoms with Gasteiger partial charge in [-0.15, -0.1) is 0 Å². The summed E-state index contributed by atoms with van der Waals surface area (Å²) in [5, 5.41) is 13.4. The lowest BCUT2D eigenvalue weighted by Gasteiger charge is -2.25. The van der Waals surface area contributed by atoms with Gasteiger partial charge in [-0.25, -0.2) is 9.59 Å². The van der Waals surface area contributed by atoms with Gasteiger partial charge < -0.3 is 9.84 Å². The number of carboxylic acid groups (broad SMARTS) is 1. The van der Waals surface area contributed by atoms with E-state index in [2.05, 4.69) is 12.1 Å². The summed E-state index contributed by atoms with van der Waals surface area (Å²) in [6.45, 7) is 0.169. The van der Waals surface area contributed by atoms with E-state index in [0.29, 0.717) is 0 Å². The number of hydrogen-bond acceptors (Lipinski definition) is 4. The van der Waals surface area contributed by atoms with Gasteiger partial charge in [0.25, 0.3) is 0 Å². The molecule has 0 saturated heterocycles. The predicted octanol–water partition coefficient (Wildman–Crippen LogP) is 4.62. The van der Waals surface area contributed by atoms with Crippen molar-refractivity contribution in [3.8, 4) is 11.1 Å². The molecule has 0 unspecified atom stereocenters. The molecule has 0 fully saturated rings. The Balaban J connectivity index is 1.48. The Morgan fingerprint density at radius 1 is 1.07 bits per heavy atom. The first-order valence-electron chi connectivity index (χ1n) is 9.38. The summed E-state index contributed by atoms with van der Waals surface area (Å²) in [6, 6.07) is 17.1. The number of benzene rings is 2. The number of thiophene rings is 1. The van der Waals surface area contributed by atoms with Crippen molar-refractivity contribution in [2.24, 2.45) is 0 Å². The highest BCUT2D eigenvalue weighted by atomic mass is 32.1. The van der Waals surface area contributed by atoms with E-state index in [0.717, 1.165) is 27.8 Å². The van der Waals surface area contributed by atoms with Gasteiger partial charge in [-0.05, 0) is 44.6 Å². The molecule has 4 rings (SSSR count). The molecule has 0 spiro atoms. The van der Waals surface area contributed by atoms with Crippen molar-refractivity contribution >= 4 is 23.4 Å². The van der Waals surface area contributed by atoms with Gasteiger partial charge in [0, 0.05) is 19.4 Å². The number of amides is 1. The van der Waals surface area contributed by atoms with Crippen LogP contribution in [-0.4, -0.2) is 41.8 Å². The molecule has 1 aliphatic rings. The number of carboxylic acids is 1. The molecular weight excluding hydrogens is 386 g/mol. The molecule has 0 aliphatic heterocycles. The SMILES string of the molecule is CN(C(=O)OCC1c2ccccc2-c2ccccc21)[C@@H](Cc1ccsc1)C(=O)O. The summed E-state index contributed by atoms with van der Waals surface area (Å²) >= 11 is 1.50. The van der Waals surface area contributed by atoms with Crippen molar-refractivity contribution in [2.75, 3.05) is 13.7 Å². The van der Waals surface area contributed by atoms with E-state index < -0.39 is 18.1 Å². The van der Waals surface area contributed by atoms with Crippen molar-refractivity contribution in [3.63, 3.8) is 0 Å². The van der Waals surface area contributed by atoms with Crippen LogP contribution >= 0.6 is 11.3 Å². The molecule has 0 radical (unpaired) electrons. The summed E-state index contributed by atoms with van der Waals surface area (Å²) in [4.78, 5) is 25.5. The molecule has 2 aromatic carbocycles. The normalized spacial score (nSPS) is 13.4. The van der Waals surface area contributed by atoms with E-state index in [9.17, 15) is 14.7 Å². The van der Waals surface area contributed by atoms with Crippen LogP contribution in [0.1, 0.15) is 22.6 Å². The minimum Gasteiger partial charge on any atom is -0.480 e.